The van der Waals surface area contributed by atoms with Crippen molar-refractivity contribution in [2.75, 3.05) is 13.4 Å². The Balaban J connectivity index is 2.52. The van der Waals surface area contributed by atoms with Gasteiger partial charge in [0.15, 0.2) is 0 Å². The average molecular weight is 248 g/mol. The smallest absolute Gasteiger partial charge is 0.122 e. The van der Waals surface area contributed by atoms with E-state index in [1.165, 1.54) is 10.5 Å². The third kappa shape index (κ3) is 2.13. The quantitative estimate of drug-likeness (QED) is 0.814. The summed E-state index contributed by atoms with van der Waals surface area (Å²) < 4.78 is 5.38. The summed E-state index contributed by atoms with van der Waals surface area (Å²) in [5, 5.41) is 9.14. The predicted molar refractivity (Wildman–Crippen MR) is 69.3 cm³/mol. The molecule has 2 rings (SSSR count). The van der Waals surface area contributed by atoms with Gasteiger partial charge in [-0.3, -0.25) is 0 Å². The lowest BCUT2D eigenvalue weighted by Gasteiger charge is -2.30. The van der Waals surface area contributed by atoms with Crippen LogP contribution in [0.1, 0.15) is 17.5 Å². The van der Waals surface area contributed by atoms with Gasteiger partial charge < -0.3 is 10.5 Å². The van der Waals surface area contributed by atoms with Gasteiger partial charge in [-0.25, -0.2) is 0 Å². The van der Waals surface area contributed by atoms with E-state index in [-0.39, 0.29) is 0 Å². The molecule has 1 aromatic carbocycles. The highest BCUT2D eigenvalue weighted by Gasteiger charge is 2.33. The van der Waals surface area contributed by atoms with Crippen LogP contribution in [0.5, 0.6) is 5.75 Å². The second-order valence-corrected chi connectivity index (χ2v) is 5.22. The van der Waals surface area contributed by atoms with Crippen molar-refractivity contribution in [1.82, 2.24) is 0 Å². The number of nitrogens with two attached hydrogens (primary N) is 1. The van der Waals surface area contributed by atoms with Crippen LogP contribution in [0.4, 0.5) is 0 Å². The van der Waals surface area contributed by atoms with Gasteiger partial charge in [-0.2, -0.15) is 5.26 Å². The molecule has 90 valence electrons. The van der Waals surface area contributed by atoms with Crippen molar-refractivity contribution in [3.63, 3.8) is 0 Å². The summed E-state index contributed by atoms with van der Waals surface area (Å²) in [5.74, 6) is 0.850. The number of hydrogen-bond donors (Lipinski definition) is 1. The van der Waals surface area contributed by atoms with Crippen LogP contribution in [-0.2, 0) is 12.8 Å². The molecule has 0 fully saturated rings. The molecule has 2 N–H and O–H groups in total. The largest absolute Gasteiger partial charge is 0.496 e. The molecule has 0 unspecified atom stereocenters. The molecule has 0 radical (unpaired) electrons. The summed E-state index contributed by atoms with van der Waals surface area (Å²) in [6.45, 7) is 0. The molecule has 0 bridgehead atoms. The van der Waals surface area contributed by atoms with E-state index in [1.807, 2.05) is 6.07 Å². The predicted octanol–water partition coefficient (Wildman–Crippen LogP) is 2.13. The van der Waals surface area contributed by atoms with Gasteiger partial charge in [0.05, 0.1) is 13.2 Å². The first-order chi connectivity index (χ1) is 8.13. The molecule has 0 aliphatic heterocycles. The van der Waals surface area contributed by atoms with Crippen LogP contribution in [-0.4, -0.2) is 18.9 Å². The Morgan fingerprint density at radius 3 is 2.82 bits per heavy atom. The first kappa shape index (κ1) is 12.3. The van der Waals surface area contributed by atoms with Crippen molar-refractivity contribution in [3.8, 4) is 11.8 Å². The average Bonchev–Trinajstić information content (AvgIpc) is 2.37. The minimum atomic E-state index is -0.739. The maximum Gasteiger partial charge on any atom is 0.122 e. The molecule has 1 atom stereocenters. The van der Waals surface area contributed by atoms with E-state index in [0.29, 0.717) is 6.42 Å². The second kappa shape index (κ2) is 4.59. The zero-order chi connectivity index (χ0) is 12.5. The Hall–Kier alpha value is -1.18. The van der Waals surface area contributed by atoms with E-state index in [1.54, 1.807) is 18.9 Å². The van der Waals surface area contributed by atoms with Crippen molar-refractivity contribution in [2.24, 2.45) is 5.73 Å². The maximum absolute atomic E-state index is 9.14. The molecule has 1 aliphatic rings. The third-order valence-electron chi connectivity index (χ3n) is 3.32. The van der Waals surface area contributed by atoms with Gasteiger partial charge in [0.2, 0.25) is 0 Å². The molecule has 0 aromatic heterocycles. The Morgan fingerprint density at radius 1 is 1.47 bits per heavy atom. The number of rotatable bonds is 2. The number of methoxy groups -OCH3 is 1. The SMILES string of the molecule is COc1ccc(SC)c2c1C[C@](N)(C#N)CC2. The highest BCUT2D eigenvalue weighted by atomic mass is 32.2. The van der Waals surface area contributed by atoms with Crippen LogP contribution in [0.3, 0.4) is 0 Å². The summed E-state index contributed by atoms with van der Waals surface area (Å²) in [5.41, 5.74) is 7.73. The number of fused-ring (bicyclic) bond motifs is 1. The normalized spacial score (nSPS) is 22.7. The Morgan fingerprint density at radius 2 is 2.24 bits per heavy atom. The van der Waals surface area contributed by atoms with Crippen molar-refractivity contribution in [1.29, 1.82) is 5.26 Å². The summed E-state index contributed by atoms with van der Waals surface area (Å²) >= 11 is 1.73. The topological polar surface area (TPSA) is 59.0 Å². The van der Waals surface area contributed by atoms with E-state index in [9.17, 15) is 0 Å². The lowest BCUT2D eigenvalue weighted by Crippen LogP contribution is -2.43. The molecule has 0 saturated heterocycles. The lowest BCUT2D eigenvalue weighted by molar-refractivity contribution is 0.391. The number of thioether (sulfide) groups is 1. The number of ether oxygens (including phenoxy) is 1. The fourth-order valence-corrected chi connectivity index (χ4v) is 3.02. The first-order valence-corrected chi connectivity index (χ1v) is 6.79. The highest BCUT2D eigenvalue weighted by Crippen LogP contribution is 2.38. The second-order valence-electron chi connectivity index (χ2n) is 4.37. The van der Waals surface area contributed by atoms with Gasteiger partial charge in [0.1, 0.15) is 11.3 Å². The van der Waals surface area contributed by atoms with Gasteiger partial charge in [0.25, 0.3) is 0 Å². The van der Waals surface area contributed by atoms with Crippen LogP contribution >= 0.6 is 11.8 Å². The van der Waals surface area contributed by atoms with Crippen molar-refractivity contribution in [2.45, 2.75) is 29.7 Å². The molecular formula is C13H16N2OS. The van der Waals surface area contributed by atoms with E-state index < -0.39 is 5.54 Å². The monoisotopic (exact) mass is 248 g/mol. The van der Waals surface area contributed by atoms with E-state index in [2.05, 4.69) is 18.4 Å². The highest BCUT2D eigenvalue weighted by molar-refractivity contribution is 7.98. The first-order valence-electron chi connectivity index (χ1n) is 5.56. The van der Waals surface area contributed by atoms with E-state index >= 15 is 0 Å². The van der Waals surface area contributed by atoms with Gasteiger partial charge in [-0.15, -0.1) is 11.8 Å². The molecule has 17 heavy (non-hydrogen) atoms. The van der Waals surface area contributed by atoms with Crippen molar-refractivity contribution < 1.29 is 4.74 Å². The van der Waals surface area contributed by atoms with Gasteiger partial charge in [-0.1, -0.05) is 0 Å². The summed E-state index contributed by atoms with van der Waals surface area (Å²) in [6.07, 6.45) is 4.22. The zero-order valence-corrected chi connectivity index (χ0v) is 10.9. The van der Waals surface area contributed by atoms with Gasteiger partial charge >= 0.3 is 0 Å². The minimum Gasteiger partial charge on any atom is -0.496 e. The van der Waals surface area contributed by atoms with Crippen LogP contribution < -0.4 is 10.5 Å². The summed E-state index contributed by atoms with van der Waals surface area (Å²) in [6, 6.07) is 6.27. The van der Waals surface area contributed by atoms with Gasteiger partial charge in [-0.05, 0) is 36.8 Å². The summed E-state index contributed by atoms with van der Waals surface area (Å²) in [4.78, 5) is 1.26. The maximum atomic E-state index is 9.14. The van der Waals surface area contributed by atoms with Crippen molar-refractivity contribution in [3.05, 3.63) is 23.3 Å². The van der Waals surface area contributed by atoms with E-state index in [4.69, 9.17) is 15.7 Å². The van der Waals surface area contributed by atoms with Gasteiger partial charge in [0, 0.05) is 16.9 Å². The summed E-state index contributed by atoms with van der Waals surface area (Å²) in [7, 11) is 1.66. The third-order valence-corrected chi connectivity index (χ3v) is 4.14. The van der Waals surface area contributed by atoms with Crippen LogP contribution in [0.25, 0.3) is 0 Å². The standard InChI is InChI=1S/C13H16N2OS/c1-16-11-3-4-12(17-2)9-5-6-13(15,8-14)7-10(9)11/h3-4H,5-7,15H2,1-2H3/t13-/m0/s1. The van der Waals surface area contributed by atoms with E-state index in [0.717, 1.165) is 24.2 Å². The minimum absolute atomic E-state index is 0.580. The molecule has 1 aromatic rings. The molecule has 0 amide bonds. The molecule has 1 aliphatic carbocycles. The van der Waals surface area contributed by atoms with Crippen molar-refractivity contribution >= 4 is 11.8 Å². The lowest BCUT2D eigenvalue weighted by atomic mass is 9.79. The van der Waals surface area contributed by atoms with Crippen LogP contribution in [0, 0.1) is 11.3 Å². The molecule has 0 heterocycles. The Kier molecular flexibility index (Phi) is 3.32. The molecule has 0 spiro atoms. The zero-order valence-electron chi connectivity index (χ0n) is 10.1. The Bertz CT molecular complexity index is 481. The number of nitriles is 1. The number of hydrogen-bond acceptors (Lipinski definition) is 4. The fourth-order valence-electron chi connectivity index (χ4n) is 2.35. The Labute approximate surface area is 106 Å². The molecule has 3 nitrogen and oxygen atoms in total. The number of benzene rings is 1. The fraction of sp³-hybridized carbons (Fsp3) is 0.462. The molecule has 4 heteroatoms. The molecular weight excluding hydrogens is 232 g/mol. The number of nitrogens with zero attached hydrogens (tertiary/aromatic N) is 1. The molecule has 0 saturated carbocycles. The van der Waals surface area contributed by atoms with Crippen LogP contribution in [0.2, 0.25) is 0 Å². The van der Waals surface area contributed by atoms with Crippen LogP contribution in [0.15, 0.2) is 17.0 Å².